The molecule has 1 aromatic heterocycles. The van der Waals surface area contributed by atoms with Gasteiger partial charge in [0.1, 0.15) is 12.4 Å². The van der Waals surface area contributed by atoms with E-state index in [1.807, 2.05) is 0 Å². The molecule has 0 aliphatic rings. The van der Waals surface area contributed by atoms with Crippen LogP contribution >= 0.6 is 0 Å². The Morgan fingerprint density at radius 2 is 2.19 bits per heavy atom. The molecular weight excluding hydrogens is 372 g/mol. The van der Waals surface area contributed by atoms with E-state index in [2.05, 4.69) is 25.1 Å². The van der Waals surface area contributed by atoms with E-state index in [9.17, 15) is 22.4 Å². The number of nitrogens with one attached hydrogen (secondary N) is 1. The Labute approximate surface area is 151 Å². The van der Waals surface area contributed by atoms with Gasteiger partial charge in [-0.3, -0.25) is 4.79 Å². The molecule has 0 fully saturated rings. The predicted molar refractivity (Wildman–Crippen MR) is 86.3 cm³/mol. The van der Waals surface area contributed by atoms with Crippen LogP contribution in [-0.2, 0) is 11.0 Å². The van der Waals surface area contributed by atoms with Crippen LogP contribution in [0.4, 0.5) is 17.6 Å². The van der Waals surface area contributed by atoms with E-state index in [0.717, 1.165) is 12.1 Å². The molecule has 1 amide bonds. The third-order valence-electron chi connectivity index (χ3n) is 3.24. The smallest absolute Gasteiger partial charge is 0.396 e. The van der Waals surface area contributed by atoms with Gasteiger partial charge in [-0.05, 0) is 19.1 Å². The average Bonchev–Trinajstić information content (AvgIpc) is 3.10. The predicted octanol–water partition coefficient (Wildman–Crippen LogP) is 3.28. The summed E-state index contributed by atoms with van der Waals surface area (Å²) in [6, 6.07) is 3.21. The zero-order chi connectivity index (χ0) is 20.0. The molecule has 1 atom stereocenters. The van der Waals surface area contributed by atoms with Crippen molar-refractivity contribution in [1.82, 2.24) is 15.5 Å². The van der Waals surface area contributed by atoms with Crippen LogP contribution in [0.15, 0.2) is 27.9 Å². The van der Waals surface area contributed by atoms with Crippen molar-refractivity contribution in [2.24, 2.45) is 11.1 Å². The van der Waals surface area contributed by atoms with Gasteiger partial charge in [0, 0.05) is 24.2 Å². The number of hydrogen-bond donors (Lipinski definition) is 1. The number of rotatable bonds is 7. The Morgan fingerprint density at radius 1 is 1.44 bits per heavy atom. The first-order chi connectivity index (χ1) is 12.7. The van der Waals surface area contributed by atoms with E-state index in [0.29, 0.717) is 6.61 Å². The lowest BCUT2D eigenvalue weighted by Crippen LogP contribution is -2.29. The Bertz CT molecular complexity index is 820. The molecule has 0 aliphatic carbocycles. The van der Waals surface area contributed by atoms with E-state index in [1.54, 1.807) is 13.8 Å². The molecule has 1 unspecified atom stereocenters. The number of carbonyl (C=O) groups excluding carboxylic acids is 1. The Morgan fingerprint density at radius 3 is 2.78 bits per heavy atom. The Balaban J connectivity index is 2.05. The highest BCUT2D eigenvalue weighted by Gasteiger charge is 2.38. The lowest BCUT2D eigenvalue weighted by Gasteiger charge is -2.09. The zero-order valence-electron chi connectivity index (χ0n) is 14.4. The second kappa shape index (κ2) is 8.60. The number of amides is 1. The minimum Gasteiger partial charge on any atom is -0.396 e. The van der Waals surface area contributed by atoms with Crippen LogP contribution in [0.3, 0.4) is 0 Å². The van der Waals surface area contributed by atoms with Crippen LogP contribution in [-0.4, -0.2) is 35.4 Å². The fourth-order valence-electron chi connectivity index (χ4n) is 1.92. The minimum absolute atomic E-state index is 0.0551. The molecule has 0 saturated carbocycles. The lowest BCUT2D eigenvalue weighted by molar-refractivity contribution is -0.159. The first-order valence-corrected chi connectivity index (χ1v) is 7.86. The SMILES string of the molecule is CCON=CC(C)CNC(=O)c1ccc(-c2noc(C(F)(F)F)n2)cc1F. The van der Waals surface area contributed by atoms with Gasteiger partial charge in [-0.15, -0.1) is 0 Å². The van der Waals surface area contributed by atoms with Crippen molar-refractivity contribution in [3.63, 3.8) is 0 Å². The van der Waals surface area contributed by atoms with Crippen LogP contribution < -0.4 is 5.32 Å². The number of benzene rings is 1. The van der Waals surface area contributed by atoms with Crippen LogP contribution in [0.25, 0.3) is 11.4 Å². The third-order valence-corrected chi connectivity index (χ3v) is 3.24. The van der Waals surface area contributed by atoms with Gasteiger partial charge < -0.3 is 14.7 Å². The van der Waals surface area contributed by atoms with Crippen LogP contribution in [0, 0.1) is 11.7 Å². The van der Waals surface area contributed by atoms with Gasteiger partial charge in [0.05, 0.1) is 5.56 Å². The molecule has 0 saturated heterocycles. The first-order valence-electron chi connectivity index (χ1n) is 7.86. The fraction of sp³-hybridized carbons (Fsp3) is 0.375. The van der Waals surface area contributed by atoms with Gasteiger partial charge in [-0.25, -0.2) is 4.39 Å². The van der Waals surface area contributed by atoms with Crippen molar-refractivity contribution < 1.29 is 31.7 Å². The number of oxime groups is 1. The van der Waals surface area contributed by atoms with Crippen LogP contribution in [0.1, 0.15) is 30.1 Å². The number of hydrogen-bond acceptors (Lipinski definition) is 6. The third kappa shape index (κ3) is 5.50. The molecule has 1 aromatic carbocycles. The van der Waals surface area contributed by atoms with Gasteiger partial charge in [-0.1, -0.05) is 23.3 Å². The second-order valence-corrected chi connectivity index (χ2v) is 5.48. The summed E-state index contributed by atoms with van der Waals surface area (Å²) in [7, 11) is 0. The fourth-order valence-corrected chi connectivity index (χ4v) is 1.92. The van der Waals surface area contributed by atoms with Crippen LogP contribution in [0.5, 0.6) is 0 Å². The average molecular weight is 388 g/mol. The van der Waals surface area contributed by atoms with E-state index < -0.39 is 29.6 Å². The molecule has 0 bridgehead atoms. The molecule has 1 N–H and O–H groups in total. The highest BCUT2D eigenvalue weighted by atomic mass is 19.4. The molecule has 11 heteroatoms. The minimum atomic E-state index is -4.80. The van der Waals surface area contributed by atoms with Gasteiger partial charge in [-0.2, -0.15) is 18.2 Å². The molecule has 2 aromatic rings. The number of carbonyl (C=O) groups is 1. The van der Waals surface area contributed by atoms with Gasteiger partial charge >= 0.3 is 12.1 Å². The number of alkyl halides is 3. The molecule has 146 valence electrons. The van der Waals surface area contributed by atoms with Crippen molar-refractivity contribution in [3.8, 4) is 11.4 Å². The molecule has 0 aliphatic heterocycles. The van der Waals surface area contributed by atoms with Crippen molar-refractivity contribution in [1.29, 1.82) is 0 Å². The normalized spacial score (nSPS) is 13.0. The highest BCUT2D eigenvalue weighted by Crippen LogP contribution is 2.29. The summed E-state index contributed by atoms with van der Waals surface area (Å²) in [5, 5.41) is 9.36. The summed E-state index contributed by atoms with van der Waals surface area (Å²) < 4.78 is 55.7. The molecule has 2 rings (SSSR count). The summed E-state index contributed by atoms with van der Waals surface area (Å²) >= 11 is 0. The maximum Gasteiger partial charge on any atom is 0.471 e. The molecule has 7 nitrogen and oxygen atoms in total. The van der Waals surface area contributed by atoms with Crippen molar-refractivity contribution in [2.45, 2.75) is 20.0 Å². The van der Waals surface area contributed by atoms with E-state index in [4.69, 9.17) is 4.84 Å². The molecule has 0 radical (unpaired) electrons. The van der Waals surface area contributed by atoms with Crippen molar-refractivity contribution in [2.75, 3.05) is 13.2 Å². The second-order valence-electron chi connectivity index (χ2n) is 5.48. The van der Waals surface area contributed by atoms with Crippen molar-refractivity contribution >= 4 is 12.1 Å². The molecular formula is C16H16F4N4O3. The number of halogens is 4. The summed E-state index contributed by atoms with van der Waals surface area (Å²) in [4.78, 5) is 20.0. The topological polar surface area (TPSA) is 89.6 Å². The number of aromatic nitrogens is 2. The molecule has 1 heterocycles. The van der Waals surface area contributed by atoms with E-state index >= 15 is 0 Å². The van der Waals surface area contributed by atoms with Gasteiger partial charge in [0.2, 0.25) is 5.82 Å². The lowest BCUT2D eigenvalue weighted by atomic mass is 10.1. The summed E-state index contributed by atoms with van der Waals surface area (Å²) in [5.74, 6) is -3.74. The maximum absolute atomic E-state index is 14.2. The Kier molecular flexibility index (Phi) is 6.48. The molecule has 27 heavy (non-hydrogen) atoms. The highest BCUT2D eigenvalue weighted by molar-refractivity contribution is 5.95. The maximum atomic E-state index is 14.2. The first kappa shape index (κ1) is 20.3. The largest absolute Gasteiger partial charge is 0.471 e. The van der Waals surface area contributed by atoms with E-state index in [-0.39, 0.29) is 23.6 Å². The van der Waals surface area contributed by atoms with E-state index in [1.165, 1.54) is 12.3 Å². The summed E-state index contributed by atoms with van der Waals surface area (Å²) in [5.41, 5.74) is -0.326. The monoisotopic (exact) mass is 388 g/mol. The van der Waals surface area contributed by atoms with Crippen molar-refractivity contribution in [3.05, 3.63) is 35.5 Å². The summed E-state index contributed by atoms with van der Waals surface area (Å²) in [6.45, 7) is 4.15. The molecule has 0 spiro atoms. The quantitative estimate of drug-likeness (QED) is 0.447. The zero-order valence-corrected chi connectivity index (χ0v) is 14.4. The van der Waals surface area contributed by atoms with Crippen LogP contribution in [0.2, 0.25) is 0 Å². The van der Waals surface area contributed by atoms with Gasteiger partial charge in [0.15, 0.2) is 0 Å². The number of nitrogens with zero attached hydrogens (tertiary/aromatic N) is 3. The summed E-state index contributed by atoms with van der Waals surface area (Å²) in [6.07, 6.45) is -3.30. The van der Waals surface area contributed by atoms with Gasteiger partial charge in [0.25, 0.3) is 5.91 Å². The Hall–Kier alpha value is -2.98. The standard InChI is InChI=1S/C16H16F4N4O3/c1-3-26-22-8-9(2)7-21-14(25)11-5-4-10(6-12(11)17)13-23-15(27-24-13)16(18,19)20/h4-6,8-9H,3,7H2,1-2H3,(H,21,25).